The number of aryl methyl sites for hydroxylation is 1. The van der Waals surface area contributed by atoms with Gasteiger partial charge in [0.05, 0.1) is 10.6 Å². The van der Waals surface area contributed by atoms with Gasteiger partial charge in [-0.15, -0.1) is 0 Å². The van der Waals surface area contributed by atoms with Crippen molar-refractivity contribution in [2.24, 2.45) is 0 Å². The number of nitrogens with zero attached hydrogens (tertiary/aromatic N) is 2. The molecule has 1 aromatic heterocycles. The summed E-state index contributed by atoms with van der Waals surface area (Å²) in [6, 6.07) is 8.22. The summed E-state index contributed by atoms with van der Waals surface area (Å²) in [6.45, 7) is 4.31. The topological polar surface area (TPSA) is 83.1 Å². The molecule has 2 heterocycles. The minimum atomic E-state index is -3.55. The van der Waals surface area contributed by atoms with Gasteiger partial charge in [0.2, 0.25) is 10.0 Å². The molecule has 0 aliphatic carbocycles. The Morgan fingerprint density at radius 3 is 2.67 bits per heavy atom. The molecule has 3 rings (SSSR count). The highest BCUT2D eigenvalue weighted by Crippen LogP contribution is 2.29. The SMILES string of the molecule is Cc1ccc(-c2ccc(=O)[nH]n2)cc1S(=O)(=O)N1CCCC[C@H]1C. The maximum absolute atomic E-state index is 13.1. The zero-order valence-corrected chi connectivity index (χ0v) is 14.6. The van der Waals surface area contributed by atoms with E-state index in [-0.39, 0.29) is 11.6 Å². The second-order valence-corrected chi connectivity index (χ2v) is 8.11. The highest BCUT2D eigenvalue weighted by Gasteiger charge is 2.32. The van der Waals surface area contributed by atoms with Crippen LogP contribution in [0.2, 0.25) is 0 Å². The lowest BCUT2D eigenvalue weighted by Gasteiger charge is -2.32. The van der Waals surface area contributed by atoms with Crippen molar-refractivity contribution in [3.05, 3.63) is 46.2 Å². The van der Waals surface area contributed by atoms with Crippen LogP contribution in [0.4, 0.5) is 0 Å². The lowest BCUT2D eigenvalue weighted by molar-refractivity contribution is 0.268. The molecule has 0 spiro atoms. The smallest absolute Gasteiger partial charge is 0.264 e. The summed E-state index contributed by atoms with van der Waals surface area (Å²) < 4.78 is 27.8. The molecule has 24 heavy (non-hydrogen) atoms. The predicted molar refractivity (Wildman–Crippen MR) is 92.2 cm³/mol. The first-order chi connectivity index (χ1) is 11.4. The van der Waals surface area contributed by atoms with Crippen molar-refractivity contribution in [2.45, 2.75) is 44.0 Å². The number of sulfonamides is 1. The fourth-order valence-electron chi connectivity index (χ4n) is 3.10. The average Bonchev–Trinajstić information content (AvgIpc) is 2.56. The van der Waals surface area contributed by atoms with Crippen molar-refractivity contribution in [1.82, 2.24) is 14.5 Å². The summed E-state index contributed by atoms with van der Waals surface area (Å²) in [7, 11) is -3.55. The van der Waals surface area contributed by atoms with E-state index >= 15 is 0 Å². The van der Waals surface area contributed by atoms with Crippen LogP contribution >= 0.6 is 0 Å². The van der Waals surface area contributed by atoms with Gasteiger partial charge in [0.1, 0.15) is 0 Å². The molecule has 1 aliphatic rings. The van der Waals surface area contributed by atoms with Gasteiger partial charge in [-0.25, -0.2) is 13.5 Å². The Morgan fingerprint density at radius 2 is 2.00 bits per heavy atom. The van der Waals surface area contributed by atoms with Crippen molar-refractivity contribution in [3.63, 3.8) is 0 Å². The summed E-state index contributed by atoms with van der Waals surface area (Å²) in [5, 5.41) is 6.36. The monoisotopic (exact) mass is 347 g/mol. The van der Waals surface area contributed by atoms with Gasteiger partial charge in [-0.1, -0.05) is 18.6 Å². The number of hydrogen-bond acceptors (Lipinski definition) is 4. The Bertz CT molecular complexity index is 885. The zero-order valence-electron chi connectivity index (χ0n) is 13.8. The van der Waals surface area contributed by atoms with E-state index < -0.39 is 10.0 Å². The molecule has 1 aliphatic heterocycles. The van der Waals surface area contributed by atoms with E-state index in [0.29, 0.717) is 28.3 Å². The van der Waals surface area contributed by atoms with Crippen LogP contribution in [-0.2, 0) is 10.0 Å². The van der Waals surface area contributed by atoms with Crippen molar-refractivity contribution >= 4 is 10.0 Å². The van der Waals surface area contributed by atoms with E-state index in [4.69, 9.17) is 0 Å². The average molecular weight is 347 g/mol. The van der Waals surface area contributed by atoms with Crippen LogP contribution in [0, 0.1) is 6.92 Å². The van der Waals surface area contributed by atoms with Crippen LogP contribution in [0.1, 0.15) is 31.7 Å². The number of rotatable bonds is 3. The number of piperidine rings is 1. The fourth-order valence-corrected chi connectivity index (χ4v) is 5.05. The second kappa shape index (κ2) is 6.49. The summed E-state index contributed by atoms with van der Waals surface area (Å²) in [4.78, 5) is 11.5. The molecular formula is C17H21N3O3S. The molecule has 0 radical (unpaired) electrons. The van der Waals surface area contributed by atoms with Gasteiger partial charge in [0.25, 0.3) is 5.56 Å². The number of aromatic nitrogens is 2. The van der Waals surface area contributed by atoms with Crippen molar-refractivity contribution < 1.29 is 8.42 Å². The molecule has 1 saturated heterocycles. The van der Waals surface area contributed by atoms with E-state index in [9.17, 15) is 13.2 Å². The fraction of sp³-hybridized carbons (Fsp3) is 0.412. The third-order valence-electron chi connectivity index (χ3n) is 4.49. The maximum Gasteiger partial charge on any atom is 0.264 e. The van der Waals surface area contributed by atoms with Crippen molar-refractivity contribution in [1.29, 1.82) is 0 Å². The zero-order chi connectivity index (χ0) is 17.3. The third-order valence-corrected chi connectivity index (χ3v) is 6.65. The molecule has 0 unspecified atom stereocenters. The number of benzene rings is 1. The molecule has 1 N–H and O–H groups in total. The van der Waals surface area contributed by atoms with Gasteiger partial charge in [-0.3, -0.25) is 4.79 Å². The molecular weight excluding hydrogens is 326 g/mol. The molecule has 7 heteroatoms. The first kappa shape index (κ1) is 16.9. The van der Waals surface area contributed by atoms with Crippen LogP contribution in [0.3, 0.4) is 0 Å². The molecule has 1 atom stereocenters. The molecule has 6 nitrogen and oxygen atoms in total. The van der Waals surface area contributed by atoms with Crippen LogP contribution < -0.4 is 5.56 Å². The second-order valence-electron chi connectivity index (χ2n) is 6.25. The van der Waals surface area contributed by atoms with Gasteiger partial charge >= 0.3 is 0 Å². The standard InChI is InChI=1S/C17H21N3O3S/c1-12-6-7-14(15-8-9-17(21)19-18-15)11-16(12)24(22,23)20-10-4-3-5-13(20)2/h6-9,11,13H,3-5,10H2,1-2H3,(H,19,21)/t13-/m1/s1. The normalized spacial score (nSPS) is 19.3. The van der Waals surface area contributed by atoms with Crippen molar-refractivity contribution in [3.8, 4) is 11.3 Å². The lowest BCUT2D eigenvalue weighted by Crippen LogP contribution is -2.42. The van der Waals surface area contributed by atoms with E-state index in [1.165, 1.54) is 6.07 Å². The highest BCUT2D eigenvalue weighted by molar-refractivity contribution is 7.89. The third kappa shape index (κ3) is 3.14. The molecule has 0 saturated carbocycles. The molecule has 1 fully saturated rings. The van der Waals surface area contributed by atoms with Gasteiger partial charge in [-0.05, 0) is 44.4 Å². The van der Waals surface area contributed by atoms with E-state index in [1.54, 1.807) is 29.4 Å². The van der Waals surface area contributed by atoms with Gasteiger partial charge in [0.15, 0.2) is 0 Å². The van der Waals surface area contributed by atoms with E-state index in [1.807, 2.05) is 13.0 Å². The first-order valence-electron chi connectivity index (χ1n) is 8.08. The quantitative estimate of drug-likeness (QED) is 0.923. The number of aromatic amines is 1. The van der Waals surface area contributed by atoms with Crippen LogP contribution in [0.5, 0.6) is 0 Å². The molecule has 2 aromatic rings. The minimum Gasteiger partial charge on any atom is -0.268 e. The lowest BCUT2D eigenvalue weighted by atomic mass is 10.1. The van der Waals surface area contributed by atoms with Crippen LogP contribution in [-0.4, -0.2) is 35.5 Å². The Hall–Kier alpha value is -1.99. The van der Waals surface area contributed by atoms with Crippen LogP contribution in [0.15, 0.2) is 40.0 Å². The molecule has 0 amide bonds. The molecule has 0 bridgehead atoms. The Labute approximate surface area is 141 Å². The van der Waals surface area contributed by atoms with Gasteiger partial charge in [-0.2, -0.15) is 9.40 Å². The van der Waals surface area contributed by atoms with E-state index in [0.717, 1.165) is 19.3 Å². The maximum atomic E-state index is 13.1. The first-order valence-corrected chi connectivity index (χ1v) is 9.52. The largest absolute Gasteiger partial charge is 0.268 e. The van der Waals surface area contributed by atoms with Gasteiger partial charge < -0.3 is 0 Å². The number of nitrogens with one attached hydrogen (secondary N) is 1. The number of hydrogen-bond donors (Lipinski definition) is 1. The Kier molecular flexibility index (Phi) is 4.56. The number of H-pyrrole nitrogens is 1. The van der Waals surface area contributed by atoms with Gasteiger partial charge in [0, 0.05) is 24.2 Å². The molecule has 128 valence electrons. The summed E-state index contributed by atoms with van der Waals surface area (Å²) >= 11 is 0. The van der Waals surface area contributed by atoms with Crippen molar-refractivity contribution in [2.75, 3.05) is 6.54 Å². The predicted octanol–water partition coefficient (Wildman–Crippen LogP) is 2.31. The highest BCUT2D eigenvalue weighted by atomic mass is 32.2. The molecule has 1 aromatic carbocycles. The summed E-state index contributed by atoms with van der Waals surface area (Å²) in [6.07, 6.45) is 2.84. The van der Waals surface area contributed by atoms with E-state index in [2.05, 4.69) is 10.2 Å². The Morgan fingerprint density at radius 1 is 1.21 bits per heavy atom. The Balaban J connectivity index is 2.05. The summed E-state index contributed by atoms with van der Waals surface area (Å²) in [5.41, 5.74) is 1.62. The minimum absolute atomic E-state index is 0.0120. The summed E-state index contributed by atoms with van der Waals surface area (Å²) in [5.74, 6) is 0. The van der Waals surface area contributed by atoms with Crippen LogP contribution in [0.25, 0.3) is 11.3 Å².